The van der Waals surface area contributed by atoms with Crippen molar-refractivity contribution in [3.05, 3.63) is 0 Å². The average Bonchev–Trinajstić information content (AvgIpc) is 2.11. The molecule has 0 spiro atoms. The zero-order valence-electron chi connectivity index (χ0n) is 8.22. The first-order valence-electron chi connectivity index (χ1n) is 5.51. The van der Waals surface area contributed by atoms with E-state index in [4.69, 9.17) is 4.74 Å². The highest BCUT2D eigenvalue weighted by Crippen LogP contribution is 2.17. The van der Waals surface area contributed by atoms with E-state index in [1.807, 2.05) is 0 Å². The lowest BCUT2D eigenvalue weighted by atomic mass is 9.93. The van der Waals surface area contributed by atoms with Crippen LogP contribution in [0.4, 0.5) is 0 Å². The first-order valence-corrected chi connectivity index (χ1v) is 5.51. The van der Waals surface area contributed by atoms with Gasteiger partial charge in [-0.25, -0.2) is 0 Å². The van der Waals surface area contributed by atoms with Gasteiger partial charge in [0.15, 0.2) is 0 Å². The molecule has 0 radical (unpaired) electrons. The van der Waals surface area contributed by atoms with Crippen molar-refractivity contribution in [2.75, 3.05) is 26.2 Å². The van der Waals surface area contributed by atoms with Gasteiger partial charge in [-0.3, -0.25) is 0 Å². The third-order valence-corrected chi connectivity index (χ3v) is 3.01. The molecule has 1 heterocycles. The largest absolute Gasteiger partial charge is 0.376 e. The molecule has 13 heavy (non-hydrogen) atoms. The van der Waals surface area contributed by atoms with Crippen LogP contribution in [0.15, 0.2) is 0 Å². The molecular weight excluding hydrogens is 164 g/mol. The van der Waals surface area contributed by atoms with Crippen LogP contribution in [0.1, 0.15) is 25.7 Å². The van der Waals surface area contributed by atoms with Crippen LogP contribution >= 0.6 is 0 Å². The molecule has 0 aromatic carbocycles. The van der Waals surface area contributed by atoms with Crippen molar-refractivity contribution < 1.29 is 4.74 Å². The summed E-state index contributed by atoms with van der Waals surface area (Å²) in [5, 5.41) is 6.91. The van der Waals surface area contributed by atoms with E-state index in [1.165, 1.54) is 19.3 Å². The topological polar surface area (TPSA) is 33.3 Å². The second-order valence-corrected chi connectivity index (χ2v) is 4.07. The second-order valence-electron chi connectivity index (χ2n) is 4.07. The maximum Gasteiger partial charge on any atom is 0.0712 e. The molecule has 3 nitrogen and oxygen atoms in total. The summed E-state index contributed by atoms with van der Waals surface area (Å²) in [5.74, 6) is 0. The smallest absolute Gasteiger partial charge is 0.0712 e. The molecule has 1 atom stereocenters. The van der Waals surface area contributed by atoms with Crippen molar-refractivity contribution in [1.29, 1.82) is 0 Å². The van der Waals surface area contributed by atoms with Crippen LogP contribution in [0.25, 0.3) is 0 Å². The fourth-order valence-electron chi connectivity index (χ4n) is 1.87. The van der Waals surface area contributed by atoms with Crippen molar-refractivity contribution >= 4 is 0 Å². The Morgan fingerprint density at radius 2 is 2.31 bits per heavy atom. The second kappa shape index (κ2) is 4.94. The maximum atomic E-state index is 5.61. The Bertz CT molecular complexity index is 142. The van der Waals surface area contributed by atoms with Gasteiger partial charge < -0.3 is 15.4 Å². The lowest BCUT2D eigenvalue weighted by molar-refractivity contribution is 0.0230. The predicted molar refractivity (Wildman–Crippen MR) is 52.9 cm³/mol. The van der Waals surface area contributed by atoms with E-state index in [-0.39, 0.29) is 0 Å². The van der Waals surface area contributed by atoms with E-state index in [0.29, 0.717) is 6.10 Å². The van der Waals surface area contributed by atoms with Crippen LogP contribution in [-0.4, -0.2) is 38.4 Å². The highest BCUT2D eigenvalue weighted by molar-refractivity contribution is 4.77. The fraction of sp³-hybridized carbons (Fsp3) is 1.00. The van der Waals surface area contributed by atoms with E-state index < -0.39 is 0 Å². The van der Waals surface area contributed by atoms with E-state index in [2.05, 4.69) is 10.6 Å². The van der Waals surface area contributed by atoms with Gasteiger partial charge in [0.1, 0.15) is 0 Å². The summed E-state index contributed by atoms with van der Waals surface area (Å²) in [6, 6.07) is 0.816. The Morgan fingerprint density at radius 3 is 2.92 bits per heavy atom. The molecule has 76 valence electrons. The van der Waals surface area contributed by atoms with Crippen molar-refractivity contribution in [2.45, 2.75) is 37.8 Å². The van der Waals surface area contributed by atoms with Crippen molar-refractivity contribution in [1.82, 2.24) is 10.6 Å². The van der Waals surface area contributed by atoms with Crippen LogP contribution in [0.2, 0.25) is 0 Å². The SMILES string of the molecule is C1CC(NCCC2CNCCO2)C1. The quantitative estimate of drug-likeness (QED) is 0.668. The summed E-state index contributed by atoms with van der Waals surface area (Å²) in [7, 11) is 0. The number of hydrogen-bond donors (Lipinski definition) is 2. The summed E-state index contributed by atoms with van der Waals surface area (Å²) < 4.78 is 5.61. The third-order valence-electron chi connectivity index (χ3n) is 3.01. The molecule has 1 saturated heterocycles. The van der Waals surface area contributed by atoms with E-state index >= 15 is 0 Å². The van der Waals surface area contributed by atoms with Crippen LogP contribution in [0, 0.1) is 0 Å². The Morgan fingerprint density at radius 1 is 1.38 bits per heavy atom. The zero-order chi connectivity index (χ0) is 8.93. The van der Waals surface area contributed by atoms with Crippen LogP contribution in [-0.2, 0) is 4.74 Å². The molecule has 1 unspecified atom stereocenters. The number of hydrogen-bond acceptors (Lipinski definition) is 3. The lowest BCUT2D eigenvalue weighted by Gasteiger charge is -2.28. The Kier molecular flexibility index (Phi) is 3.58. The minimum atomic E-state index is 0.446. The maximum absolute atomic E-state index is 5.61. The average molecular weight is 184 g/mol. The van der Waals surface area contributed by atoms with Gasteiger partial charge >= 0.3 is 0 Å². The summed E-state index contributed by atoms with van der Waals surface area (Å²) in [6.07, 6.45) is 5.78. The molecule has 3 heteroatoms. The summed E-state index contributed by atoms with van der Waals surface area (Å²) in [6.45, 7) is 4.06. The summed E-state index contributed by atoms with van der Waals surface area (Å²) in [4.78, 5) is 0. The van der Waals surface area contributed by atoms with Crippen molar-refractivity contribution in [3.63, 3.8) is 0 Å². The monoisotopic (exact) mass is 184 g/mol. The number of morpholine rings is 1. The predicted octanol–water partition coefficient (Wildman–Crippen LogP) is 0.507. The zero-order valence-corrected chi connectivity index (χ0v) is 8.22. The lowest BCUT2D eigenvalue weighted by Crippen LogP contribution is -2.42. The highest BCUT2D eigenvalue weighted by atomic mass is 16.5. The summed E-state index contributed by atoms with van der Waals surface area (Å²) >= 11 is 0. The van der Waals surface area contributed by atoms with Crippen molar-refractivity contribution in [2.24, 2.45) is 0 Å². The minimum Gasteiger partial charge on any atom is -0.376 e. The standard InChI is InChI=1S/C10H20N2O/c1-2-9(3-1)12-5-4-10-8-11-6-7-13-10/h9-12H,1-8H2. The molecule has 0 aromatic rings. The Balaban J connectivity index is 1.50. The van der Waals surface area contributed by atoms with Crippen LogP contribution < -0.4 is 10.6 Å². The third kappa shape index (κ3) is 2.93. The first-order chi connectivity index (χ1) is 6.45. The summed E-state index contributed by atoms with van der Waals surface area (Å²) in [5.41, 5.74) is 0. The molecule has 0 amide bonds. The Labute approximate surface area is 80.2 Å². The van der Waals surface area contributed by atoms with Crippen LogP contribution in [0.5, 0.6) is 0 Å². The van der Waals surface area contributed by atoms with Crippen molar-refractivity contribution in [3.8, 4) is 0 Å². The fourth-order valence-corrected chi connectivity index (χ4v) is 1.87. The molecule has 1 aliphatic carbocycles. The van der Waals surface area contributed by atoms with E-state index in [9.17, 15) is 0 Å². The molecule has 1 aliphatic heterocycles. The molecular formula is C10H20N2O. The normalized spacial score (nSPS) is 30.0. The number of nitrogens with one attached hydrogen (secondary N) is 2. The molecule has 2 rings (SSSR count). The van der Waals surface area contributed by atoms with Gasteiger partial charge in [0.25, 0.3) is 0 Å². The van der Waals surface area contributed by atoms with Gasteiger partial charge in [-0.2, -0.15) is 0 Å². The minimum absolute atomic E-state index is 0.446. The molecule has 0 aromatic heterocycles. The number of rotatable bonds is 4. The molecule has 2 aliphatic rings. The van der Waals surface area contributed by atoms with E-state index in [1.54, 1.807) is 0 Å². The van der Waals surface area contributed by atoms with E-state index in [0.717, 1.165) is 38.7 Å². The molecule has 1 saturated carbocycles. The Hall–Kier alpha value is -0.120. The van der Waals surface area contributed by atoms with Gasteiger partial charge in [0, 0.05) is 19.1 Å². The van der Waals surface area contributed by atoms with Gasteiger partial charge in [-0.15, -0.1) is 0 Å². The van der Waals surface area contributed by atoms with Gasteiger partial charge in [0.05, 0.1) is 12.7 Å². The number of ether oxygens (including phenoxy) is 1. The van der Waals surface area contributed by atoms with Gasteiger partial charge in [-0.1, -0.05) is 6.42 Å². The highest BCUT2D eigenvalue weighted by Gasteiger charge is 2.17. The first kappa shape index (κ1) is 9.44. The van der Waals surface area contributed by atoms with Crippen LogP contribution in [0.3, 0.4) is 0 Å². The molecule has 2 N–H and O–H groups in total. The molecule has 0 bridgehead atoms. The molecule has 2 fully saturated rings. The van der Waals surface area contributed by atoms with Gasteiger partial charge in [-0.05, 0) is 25.8 Å². The van der Waals surface area contributed by atoms with Gasteiger partial charge in [0.2, 0.25) is 0 Å².